The van der Waals surface area contributed by atoms with Crippen molar-refractivity contribution in [1.82, 2.24) is 0 Å². The lowest BCUT2D eigenvalue weighted by Crippen LogP contribution is -1.86. The number of thiol groups is 1. The number of hydrogen-bond acceptors (Lipinski definition) is 1. The molecule has 10 heavy (non-hydrogen) atoms. The highest BCUT2D eigenvalue weighted by Gasteiger charge is 1.93. The van der Waals surface area contributed by atoms with Gasteiger partial charge >= 0.3 is 0 Å². The van der Waals surface area contributed by atoms with Crippen molar-refractivity contribution >= 4 is 12.6 Å². The highest BCUT2D eigenvalue weighted by Crippen LogP contribution is 2.11. The molecule has 0 aromatic rings. The van der Waals surface area contributed by atoms with Gasteiger partial charge in [0.05, 0.1) is 0 Å². The fourth-order valence-electron chi connectivity index (χ4n) is 0.784. The average molecular weight is 156 g/mol. The second kappa shape index (κ2) is 6.94. The first-order valence-corrected chi connectivity index (χ1v) is 4.52. The van der Waals surface area contributed by atoms with Gasteiger partial charge in [0.1, 0.15) is 0 Å². The zero-order valence-electron chi connectivity index (χ0n) is 6.80. The lowest BCUT2D eigenvalue weighted by Gasteiger charge is -2.02. The molecule has 0 aromatic carbocycles. The summed E-state index contributed by atoms with van der Waals surface area (Å²) in [5.41, 5.74) is 1.45. The van der Waals surface area contributed by atoms with Crippen molar-refractivity contribution < 1.29 is 0 Å². The molecule has 0 bridgehead atoms. The Balaban J connectivity index is 0.000000371. The Bertz CT molecular complexity index is 123. The molecule has 0 saturated carbocycles. The molecule has 0 aromatic heterocycles. The molecular weight excluding hydrogens is 140 g/mol. The Kier molecular flexibility index (Phi) is 6.83. The topological polar surface area (TPSA) is 0 Å². The third-order valence-corrected chi connectivity index (χ3v) is 1.71. The highest BCUT2D eigenvalue weighted by atomic mass is 32.1. The highest BCUT2D eigenvalue weighted by molar-refractivity contribution is 7.80. The summed E-state index contributed by atoms with van der Waals surface area (Å²) in [4.78, 5) is 0. The predicted octanol–water partition coefficient (Wildman–Crippen LogP) is 3.22. The van der Waals surface area contributed by atoms with Gasteiger partial charge in [-0.05, 0) is 12.8 Å². The van der Waals surface area contributed by atoms with Gasteiger partial charge in [0.25, 0.3) is 0 Å². The van der Waals surface area contributed by atoms with Crippen LogP contribution in [-0.2, 0) is 0 Å². The molecule has 0 atom stereocenters. The van der Waals surface area contributed by atoms with Crippen molar-refractivity contribution in [1.29, 1.82) is 0 Å². The summed E-state index contributed by atoms with van der Waals surface area (Å²) in [6, 6.07) is 0. The minimum atomic E-state index is 0.921. The Hall–Kier alpha value is -0.170. The smallest absolute Gasteiger partial charge is 0.0116 e. The maximum atomic E-state index is 4.16. The van der Waals surface area contributed by atoms with Crippen LogP contribution in [0.1, 0.15) is 26.7 Å². The van der Waals surface area contributed by atoms with Crippen molar-refractivity contribution in [2.75, 3.05) is 5.75 Å². The summed E-state index contributed by atoms with van der Waals surface area (Å²) in [5, 5.41) is 0. The lowest BCUT2D eigenvalue weighted by molar-refractivity contribution is 0.967. The summed E-state index contributed by atoms with van der Waals surface area (Å²) in [6.07, 6.45) is 8.85. The van der Waals surface area contributed by atoms with Crippen LogP contribution in [0.5, 0.6) is 0 Å². The van der Waals surface area contributed by atoms with E-state index in [2.05, 4.69) is 30.9 Å². The van der Waals surface area contributed by atoms with Crippen LogP contribution in [-0.4, -0.2) is 5.75 Å². The fraction of sp³-hybridized carbons (Fsp3) is 0.556. The van der Waals surface area contributed by atoms with E-state index in [1.165, 1.54) is 18.4 Å². The molecule has 0 saturated heterocycles. The lowest BCUT2D eigenvalue weighted by atomic mass is 10.1. The zero-order chi connectivity index (χ0) is 7.82. The Morgan fingerprint density at radius 1 is 1.50 bits per heavy atom. The van der Waals surface area contributed by atoms with Crippen LogP contribution >= 0.6 is 12.6 Å². The first-order valence-electron chi connectivity index (χ1n) is 3.89. The van der Waals surface area contributed by atoms with Crippen molar-refractivity contribution in [2.45, 2.75) is 26.7 Å². The molecule has 0 N–H and O–H groups in total. The Labute approximate surface area is 69.4 Å². The van der Waals surface area contributed by atoms with Crippen LogP contribution in [0.4, 0.5) is 0 Å². The summed E-state index contributed by atoms with van der Waals surface area (Å²) in [7, 11) is 0. The van der Waals surface area contributed by atoms with Gasteiger partial charge in [0.15, 0.2) is 0 Å². The molecule has 1 aliphatic carbocycles. The molecule has 0 amide bonds. The second-order valence-corrected chi connectivity index (χ2v) is 2.27. The molecule has 0 fully saturated rings. The molecular formula is C9H16S. The third kappa shape index (κ3) is 3.78. The van der Waals surface area contributed by atoms with Gasteiger partial charge in [-0.25, -0.2) is 0 Å². The van der Waals surface area contributed by atoms with Crippen molar-refractivity contribution in [2.24, 2.45) is 0 Å². The van der Waals surface area contributed by atoms with Gasteiger partial charge in [-0.2, -0.15) is 12.6 Å². The first-order chi connectivity index (χ1) is 4.93. The molecule has 58 valence electrons. The number of hydrogen-bond donors (Lipinski definition) is 1. The maximum Gasteiger partial charge on any atom is 0.0116 e. The molecule has 0 aliphatic heterocycles. The fourth-order valence-corrected chi connectivity index (χ4v) is 1.05. The van der Waals surface area contributed by atoms with Gasteiger partial charge in [0.2, 0.25) is 0 Å². The molecule has 0 unspecified atom stereocenters. The average Bonchev–Trinajstić information content (AvgIpc) is 2.10. The SMILES string of the molecule is CC.SCC1=CC=CCC1. The van der Waals surface area contributed by atoms with Crippen LogP contribution in [0.3, 0.4) is 0 Å². The van der Waals surface area contributed by atoms with Crippen LogP contribution in [0.25, 0.3) is 0 Å². The van der Waals surface area contributed by atoms with E-state index < -0.39 is 0 Å². The zero-order valence-corrected chi connectivity index (χ0v) is 7.70. The molecule has 0 nitrogen and oxygen atoms in total. The van der Waals surface area contributed by atoms with Gasteiger partial charge in [-0.15, -0.1) is 0 Å². The molecule has 1 rings (SSSR count). The van der Waals surface area contributed by atoms with E-state index in [0.717, 1.165) is 5.75 Å². The van der Waals surface area contributed by atoms with E-state index in [9.17, 15) is 0 Å². The van der Waals surface area contributed by atoms with Crippen molar-refractivity contribution in [3.8, 4) is 0 Å². The van der Waals surface area contributed by atoms with Crippen LogP contribution in [0.15, 0.2) is 23.8 Å². The third-order valence-electron chi connectivity index (χ3n) is 1.30. The first kappa shape index (κ1) is 9.83. The summed E-state index contributed by atoms with van der Waals surface area (Å²) >= 11 is 4.16. The molecule has 0 spiro atoms. The Morgan fingerprint density at radius 2 is 2.20 bits per heavy atom. The van der Waals surface area contributed by atoms with E-state index in [0.29, 0.717) is 0 Å². The summed E-state index contributed by atoms with van der Waals surface area (Å²) in [5.74, 6) is 0.921. The minimum Gasteiger partial charge on any atom is -0.175 e. The van der Waals surface area contributed by atoms with Crippen molar-refractivity contribution in [3.63, 3.8) is 0 Å². The molecule has 1 aliphatic rings. The summed E-state index contributed by atoms with van der Waals surface area (Å²) < 4.78 is 0. The van der Waals surface area contributed by atoms with Gasteiger partial charge in [-0.1, -0.05) is 37.6 Å². The van der Waals surface area contributed by atoms with E-state index >= 15 is 0 Å². The maximum absolute atomic E-state index is 4.16. The molecule has 1 heteroatoms. The van der Waals surface area contributed by atoms with Crippen molar-refractivity contribution in [3.05, 3.63) is 23.8 Å². The number of rotatable bonds is 1. The minimum absolute atomic E-state index is 0.921. The van der Waals surface area contributed by atoms with Gasteiger partial charge < -0.3 is 0 Å². The molecule has 0 radical (unpaired) electrons. The monoisotopic (exact) mass is 156 g/mol. The second-order valence-electron chi connectivity index (χ2n) is 1.95. The van der Waals surface area contributed by atoms with Gasteiger partial charge in [-0.3, -0.25) is 0 Å². The largest absolute Gasteiger partial charge is 0.175 e. The predicted molar refractivity (Wildman–Crippen MR) is 51.7 cm³/mol. The van der Waals surface area contributed by atoms with E-state index in [4.69, 9.17) is 0 Å². The standard InChI is InChI=1S/C7H10S.C2H6/c8-6-7-4-2-1-3-5-7;1-2/h1-2,4,8H,3,5-6H2;1-2H3. The van der Waals surface area contributed by atoms with Gasteiger partial charge in [0, 0.05) is 5.75 Å². The van der Waals surface area contributed by atoms with E-state index in [1.807, 2.05) is 13.8 Å². The number of allylic oxidation sites excluding steroid dienone is 3. The van der Waals surface area contributed by atoms with Crippen LogP contribution < -0.4 is 0 Å². The summed E-state index contributed by atoms with van der Waals surface area (Å²) in [6.45, 7) is 4.00. The van der Waals surface area contributed by atoms with E-state index in [-0.39, 0.29) is 0 Å². The normalized spacial score (nSPS) is 15.3. The van der Waals surface area contributed by atoms with Crippen LogP contribution in [0, 0.1) is 0 Å². The van der Waals surface area contributed by atoms with E-state index in [1.54, 1.807) is 0 Å². The Morgan fingerprint density at radius 3 is 2.50 bits per heavy atom. The molecule has 0 heterocycles. The van der Waals surface area contributed by atoms with Crippen LogP contribution in [0.2, 0.25) is 0 Å². The quantitative estimate of drug-likeness (QED) is 0.554.